The summed E-state index contributed by atoms with van der Waals surface area (Å²) < 4.78 is 6.70. The van der Waals surface area contributed by atoms with Crippen molar-refractivity contribution in [1.29, 1.82) is 0 Å². The lowest BCUT2D eigenvalue weighted by atomic mass is 9.73. The molecule has 2 nitrogen and oxygen atoms in total. The molecule has 1 aliphatic rings. The summed E-state index contributed by atoms with van der Waals surface area (Å²) in [5.74, 6) is 2.34. The van der Waals surface area contributed by atoms with Gasteiger partial charge in [0.15, 0.2) is 0 Å². The minimum Gasteiger partial charge on any atom is -0.507 e. The van der Waals surface area contributed by atoms with Gasteiger partial charge in [-0.1, -0.05) is 62.3 Å². The number of phenolic OH excluding ortho intramolecular Hbond substituents is 1. The Morgan fingerprint density at radius 1 is 1.28 bits per heavy atom. The molecule has 1 aromatic rings. The summed E-state index contributed by atoms with van der Waals surface area (Å²) in [6, 6.07) is 4.02. The zero-order valence-corrected chi connectivity index (χ0v) is 20.1. The largest absolute Gasteiger partial charge is 0.507 e. The molecule has 0 saturated carbocycles. The summed E-state index contributed by atoms with van der Waals surface area (Å²) >= 11 is 7.05. The Balaban J connectivity index is 2.45. The molecule has 2 atom stereocenters. The number of benzene rings is 1. The summed E-state index contributed by atoms with van der Waals surface area (Å²) in [5, 5.41) is 11.1. The van der Waals surface area contributed by atoms with E-state index in [4.69, 9.17) is 17.0 Å². The Morgan fingerprint density at radius 3 is 2.69 bits per heavy atom. The molecule has 0 heterocycles. The van der Waals surface area contributed by atoms with Crippen LogP contribution in [0.3, 0.4) is 0 Å². The van der Waals surface area contributed by atoms with Gasteiger partial charge in [-0.2, -0.15) is 0 Å². The Kier molecular flexibility index (Phi) is 9.78. The van der Waals surface area contributed by atoms with Crippen molar-refractivity contribution in [2.45, 2.75) is 78.6 Å². The van der Waals surface area contributed by atoms with E-state index in [1.54, 1.807) is 11.8 Å². The normalized spacial score (nSPS) is 19.0. The molecule has 1 N–H and O–H groups in total. The molecule has 1 aromatic carbocycles. The number of unbranched alkanes of at least 4 members (excludes halogenated alkanes) is 2. The third-order valence-corrected chi connectivity index (χ3v) is 6.95. The van der Waals surface area contributed by atoms with Gasteiger partial charge in [0.25, 0.3) is 0 Å². The van der Waals surface area contributed by atoms with Gasteiger partial charge in [-0.3, -0.25) is 0 Å². The number of thioether (sulfide) groups is 1. The van der Waals surface area contributed by atoms with Gasteiger partial charge in [0.1, 0.15) is 11.5 Å². The van der Waals surface area contributed by atoms with Crippen LogP contribution in [0.5, 0.6) is 11.5 Å². The molecule has 0 aromatic heterocycles. The van der Waals surface area contributed by atoms with Gasteiger partial charge in [0.2, 0.25) is 4.38 Å². The third kappa shape index (κ3) is 6.89. The first-order valence-electron chi connectivity index (χ1n) is 10.9. The van der Waals surface area contributed by atoms with E-state index in [9.17, 15) is 5.11 Å². The topological polar surface area (TPSA) is 29.5 Å². The van der Waals surface area contributed by atoms with Gasteiger partial charge < -0.3 is 9.84 Å². The van der Waals surface area contributed by atoms with E-state index in [0.29, 0.717) is 21.8 Å². The van der Waals surface area contributed by atoms with Gasteiger partial charge in [0.05, 0.1) is 0 Å². The van der Waals surface area contributed by atoms with Crippen LogP contribution in [0.1, 0.15) is 83.3 Å². The predicted molar refractivity (Wildman–Crippen MR) is 131 cm³/mol. The third-order valence-electron chi connectivity index (χ3n) is 5.58. The standard InChI is InChI=1S/C25H36O2S2/c1-6-8-9-10-19-15-22(26)24(23(16-19)27-25(28)29-13-7-2)21-14-18(5)11-12-20(21)17(3)4/h14-16,20-21,26H,3,6-13H2,1-2,4-5H3/t20-,21+/m0/s1. The minimum atomic E-state index is 0.0694. The molecule has 0 unspecified atom stereocenters. The molecule has 2 rings (SSSR count). The second kappa shape index (κ2) is 11.8. The van der Waals surface area contributed by atoms with Gasteiger partial charge in [-0.15, -0.1) is 0 Å². The van der Waals surface area contributed by atoms with Gasteiger partial charge in [-0.25, -0.2) is 0 Å². The van der Waals surface area contributed by atoms with Crippen LogP contribution >= 0.6 is 24.0 Å². The molecule has 1 aliphatic carbocycles. The molecule has 160 valence electrons. The SMILES string of the molecule is C=C(C)[C@@H]1CCC(C)=C[C@H]1c1c(O)cc(CCCCC)cc1OC(=S)SCCC. The number of aryl methyl sites for hydroxylation is 1. The summed E-state index contributed by atoms with van der Waals surface area (Å²) in [5.41, 5.74) is 4.48. The number of aromatic hydroxyl groups is 1. The Morgan fingerprint density at radius 2 is 2.03 bits per heavy atom. The van der Waals surface area contributed by atoms with E-state index < -0.39 is 0 Å². The fraction of sp³-hybridized carbons (Fsp3) is 0.560. The quantitative estimate of drug-likeness (QED) is 0.243. The van der Waals surface area contributed by atoms with Gasteiger partial charge in [0, 0.05) is 17.2 Å². The monoisotopic (exact) mass is 432 g/mol. The Bertz CT molecular complexity index is 751. The van der Waals surface area contributed by atoms with Crippen LogP contribution in [-0.4, -0.2) is 15.2 Å². The van der Waals surface area contributed by atoms with Crippen molar-refractivity contribution in [2.24, 2.45) is 5.92 Å². The number of thiocarbonyl (C=S) groups is 1. The van der Waals surface area contributed by atoms with Crippen molar-refractivity contribution in [3.8, 4) is 11.5 Å². The lowest BCUT2D eigenvalue weighted by Crippen LogP contribution is -2.18. The van der Waals surface area contributed by atoms with Crippen molar-refractivity contribution in [3.63, 3.8) is 0 Å². The minimum absolute atomic E-state index is 0.0694. The number of allylic oxidation sites excluding steroid dienone is 3. The second-order valence-electron chi connectivity index (χ2n) is 8.21. The van der Waals surface area contributed by atoms with E-state index in [1.165, 1.54) is 18.4 Å². The average Bonchev–Trinajstić information content (AvgIpc) is 2.66. The highest BCUT2D eigenvalue weighted by atomic mass is 32.2. The maximum Gasteiger partial charge on any atom is 0.225 e. The van der Waals surface area contributed by atoms with Crippen molar-refractivity contribution in [1.82, 2.24) is 0 Å². The molecule has 0 bridgehead atoms. The zero-order chi connectivity index (χ0) is 21.4. The fourth-order valence-electron chi connectivity index (χ4n) is 4.02. The van der Waals surface area contributed by atoms with E-state index in [2.05, 4.69) is 46.4 Å². The van der Waals surface area contributed by atoms with E-state index in [0.717, 1.165) is 54.6 Å². The van der Waals surface area contributed by atoms with E-state index in [-0.39, 0.29) is 5.92 Å². The molecule has 0 spiro atoms. The predicted octanol–water partition coefficient (Wildman–Crippen LogP) is 7.95. The first-order chi connectivity index (χ1) is 13.9. The van der Waals surface area contributed by atoms with Gasteiger partial charge >= 0.3 is 0 Å². The zero-order valence-electron chi connectivity index (χ0n) is 18.4. The number of hydrogen-bond donors (Lipinski definition) is 1. The van der Waals surface area contributed by atoms with Gasteiger partial charge in [-0.05, 0) is 81.8 Å². The van der Waals surface area contributed by atoms with E-state index >= 15 is 0 Å². The molecular weight excluding hydrogens is 396 g/mol. The average molecular weight is 433 g/mol. The van der Waals surface area contributed by atoms with Crippen LogP contribution in [0.25, 0.3) is 0 Å². The first-order valence-corrected chi connectivity index (χ1v) is 12.3. The molecule has 0 amide bonds. The number of phenols is 1. The van der Waals surface area contributed by atoms with Crippen molar-refractivity contribution in [2.75, 3.05) is 5.75 Å². The molecule has 29 heavy (non-hydrogen) atoms. The number of hydrogen-bond acceptors (Lipinski definition) is 4. The van der Waals surface area contributed by atoms with Crippen LogP contribution in [-0.2, 0) is 6.42 Å². The maximum atomic E-state index is 11.1. The molecule has 0 saturated heterocycles. The van der Waals surface area contributed by atoms with Crippen LogP contribution < -0.4 is 4.74 Å². The van der Waals surface area contributed by atoms with Crippen molar-refractivity contribution in [3.05, 3.63) is 47.1 Å². The highest BCUT2D eigenvalue weighted by Crippen LogP contribution is 2.47. The van der Waals surface area contributed by atoms with Crippen LogP contribution in [0.4, 0.5) is 0 Å². The molecule has 4 heteroatoms. The lowest BCUT2D eigenvalue weighted by molar-refractivity contribution is 0.424. The summed E-state index contributed by atoms with van der Waals surface area (Å²) in [7, 11) is 0. The van der Waals surface area contributed by atoms with Crippen molar-refractivity contribution < 1.29 is 9.84 Å². The number of ether oxygens (including phenoxy) is 1. The number of rotatable bonds is 9. The molecule has 0 fully saturated rings. The first kappa shape index (κ1) is 24.0. The molecule has 0 radical (unpaired) electrons. The Labute approximate surface area is 186 Å². The smallest absolute Gasteiger partial charge is 0.225 e. The molecular formula is C25H36O2S2. The summed E-state index contributed by atoms with van der Waals surface area (Å²) in [4.78, 5) is 0. The summed E-state index contributed by atoms with van der Waals surface area (Å²) in [6.45, 7) is 12.8. The van der Waals surface area contributed by atoms with Crippen LogP contribution in [0.2, 0.25) is 0 Å². The lowest BCUT2D eigenvalue weighted by Gasteiger charge is -2.32. The Hall–Kier alpha value is -1.26. The van der Waals surface area contributed by atoms with Crippen LogP contribution in [0.15, 0.2) is 35.9 Å². The highest BCUT2D eigenvalue weighted by Gasteiger charge is 2.31. The van der Waals surface area contributed by atoms with E-state index in [1.807, 2.05) is 6.07 Å². The van der Waals surface area contributed by atoms with Crippen LogP contribution in [0, 0.1) is 5.92 Å². The molecule has 0 aliphatic heterocycles. The maximum absolute atomic E-state index is 11.1. The van der Waals surface area contributed by atoms with Crippen molar-refractivity contribution >= 4 is 28.4 Å². The highest BCUT2D eigenvalue weighted by molar-refractivity contribution is 8.22. The second-order valence-corrected chi connectivity index (χ2v) is 9.91. The fourth-order valence-corrected chi connectivity index (χ4v) is 4.88. The summed E-state index contributed by atoms with van der Waals surface area (Å²) in [6.07, 6.45) is 9.87.